The molecule has 27 heavy (non-hydrogen) atoms. The zero-order chi connectivity index (χ0) is 19.2. The van der Waals surface area contributed by atoms with Crippen LogP contribution in [0, 0.1) is 5.82 Å². The summed E-state index contributed by atoms with van der Waals surface area (Å²) in [5.74, 6) is -1.14. The fourth-order valence-electron chi connectivity index (χ4n) is 2.29. The van der Waals surface area contributed by atoms with Crippen molar-refractivity contribution in [2.45, 2.75) is 6.92 Å². The molecule has 0 aliphatic carbocycles. The fraction of sp³-hybridized carbons (Fsp3) is 0.0500. The quantitative estimate of drug-likeness (QED) is 0.511. The molecular weight excluding hydrogens is 365 g/mol. The number of rotatable bonds is 5. The molecule has 3 aromatic rings. The zero-order valence-electron chi connectivity index (χ0n) is 14.4. The molecule has 0 bridgehead atoms. The fourth-order valence-corrected chi connectivity index (χ4v) is 2.91. The van der Waals surface area contributed by atoms with Crippen LogP contribution in [0.1, 0.15) is 32.5 Å². The smallest absolute Gasteiger partial charge is 0.271 e. The van der Waals surface area contributed by atoms with Crippen LogP contribution in [0.4, 0.5) is 10.1 Å². The number of hydrazone groups is 1. The Balaban J connectivity index is 1.63. The summed E-state index contributed by atoms with van der Waals surface area (Å²) in [6.07, 6.45) is 0. The second kappa shape index (κ2) is 8.37. The highest BCUT2D eigenvalue weighted by atomic mass is 32.1. The molecule has 0 atom stereocenters. The van der Waals surface area contributed by atoms with Gasteiger partial charge in [0.25, 0.3) is 11.8 Å². The van der Waals surface area contributed by atoms with Crippen molar-refractivity contribution in [2.75, 3.05) is 5.32 Å². The number of anilines is 1. The second-order valence-corrected chi connectivity index (χ2v) is 6.60. The molecule has 1 heterocycles. The van der Waals surface area contributed by atoms with Gasteiger partial charge in [-0.3, -0.25) is 9.59 Å². The van der Waals surface area contributed by atoms with Gasteiger partial charge >= 0.3 is 0 Å². The van der Waals surface area contributed by atoms with Crippen molar-refractivity contribution < 1.29 is 14.0 Å². The summed E-state index contributed by atoms with van der Waals surface area (Å²) in [7, 11) is 0. The second-order valence-electron chi connectivity index (χ2n) is 5.66. The Morgan fingerprint density at radius 3 is 2.41 bits per heavy atom. The molecule has 0 aliphatic heterocycles. The first-order valence-corrected chi connectivity index (χ1v) is 8.96. The zero-order valence-corrected chi connectivity index (χ0v) is 15.2. The Hall–Kier alpha value is -3.32. The maximum Gasteiger partial charge on any atom is 0.271 e. The van der Waals surface area contributed by atoms with Crippen LogP contribution in [-0.4, -0.2) is 17.5 Å². The van der Waals surface area contributed by atoms with E-state index < -0.39 is 11.7 Å². The van der Waals surface area contributed by atoms with Crippen LogP contribution >= 0.6 is 11.3 Å². The van der Waals surface area contributed by atoms with E-state index in [9.17, 15) is 14.0 Å². The van der Waals surface area contributed by atoms with Gasteiger partial charge in [-0.2, -0.15) is 5.10 Å². The summed E-state index contributed by atoms with van der Waals surface area (Å²) in [4.78, 5) is 24.7. The monoisotopic (exact) mass is 381 g/mol. The number of hydrogen-bond acceptors (Lipinski definition) is 4. The van der Waals surface area contributed by atoms with Gasteiger partial charge in [0.2, 0.25) is 0 Å². The molecule has 0 aliphatic rings. The van der Waals surface area contributed by atoms with Crippen molar-refractivity contribution in [3.05, 3.63) is 87.9 Å². The van der Waals surface area contributed by atoms with E-state index in [-0.39, 0.29) is 11.5 Å². The Labute approximate surface area is 159 Å². The number of amides is 2. The summed E-state index contributed by atoms with van der Waals surface area (Å²) in [5, 5.41) is 8.70. The average Bonchev–Trinajstić information content (AvgIpc) is 3.21. The number of thiophene rings is 1. The lowest BCUT2D eigenvalue weighted by molar-refractivity contribution is 0.0953. The van der Waals surface area contributed by atoms with E-state index >= 15 is 0 Å². The van der Waals surface area contributed by atoms with Gasteiger partial charge in [-0.1, -0.05) is 24.3 Å². The summed E-state index contributed by atoms with van der Waals surface area (Å²) in [6, 6.07) is 16.1. The van der Waals surface area contributed by atoms with E-state index in [0.29, 0.717) is 16.3 Å². The molecule has 136 valence electrons. The number of halogens is 1. The maximum atomic E-state index is 13.2. The van der Waals surface area contributed by atoms with E-state index in [4.69, 9.17) is 0 Å². The normalized spacial score (nSPS) is 11.1. The first kappa shape index (κ1) is 18.5. The Morgan fingerprint density at radius 2 is 1.74 bits per heavy atom. The molecule has 1 aromatic heterocycles. The van der Waals surface area contributed by atoms with Crippen LogP contribution in [0.15, 0.2) is 71.1 Å². The van der Waals surface area contributed by atoms with Gasteiger partial charge < -0.3 is 5.32 Å². The highest BCUT2D eigenvalue weighted by molar-refractivity contribution is 7.12. The number of nitrogens with zero attached hydrogens (tertiary/aromatic N) is 1. The summed E-state index contributed by atoms with van der Waals surface area (Å²) < 4.78 is 13.2. The topological polar surface area (TPSA) is 70.6 Å². The lowest BCUT2D eigenvalue weighted by Gasteiger charge is -2.06. The highest BCUT2D eigenvalue weighted by Crippen LogP contribution is 2.14. The van der Waals surface area contributed by atoms with Crippen molar-refractivity contribution in [1.82, 2.24) is 5.43 Å². The summed E-state index contributed by atoms with van der Waals surface area (Å²) >= 11 is 1.37. The van der Waals surface area contributed by atoms with Gasteiger partial charge in [0.1, 0.15) is 5.82 Å². The Morgan fingerprint density at radius 1 is 0.963 bits per heavy atom. The van der Waals surface area contributed by atoms with Gasteiger partial charge in [-0.15, -0.1) is 11.3 Å². The van der Waals surface area contributed by atoms with Crippen LogP contribution in [0.3, 0.4) is 0 Å². The minimum atomic E-state index is -0.492. The molecule has 2 N–H and O–H groups in total. The molecule has 7 heteroatoms. The molecular formula is C20H16FN3O2S. The first-order chi connectivity index (χ1) is 13.0. The van der Waals surface area contributed by atoms with Crippen LogP contribution in [0.5, 0.6) is 0 Å². The maximum absolute atomic E-state index is 13.2. The molecule has 3 rings (SSSR count). The van der Waals surface area contributed by atoms with Gasteiger partial charge in [-0.25, -0.2) is 9.82 Å². The van der Waals surface area contributed by atoms with Crippen molar-refractivity contribution in [2.24, 2.45) is 5.10 Å². The third kappa shape index (κ3) is 4.86. The average molecular weight is 381 g/mol. The van der Waals surface area contributed by atoms with E-state index in [1.165, 1.54) is 29.5 Å². The third-order valence-corrected chi connectivity index (χ3v) is 4.59. The molecule has 0 fully saturated rings. The predicted octanol–water partition coefficient (Wildman–Crippen LogP) is 4.29. The molecule has 2 aromatic carbocycles. The molecule has 0 saturated heterocycles. The molecule has 2 amide bonds. The van der Waals surface area contributed by atoms with Crippen molar-refractivity contribution >= 4 is 34.6 Å². The lowest BCUT2D eigenvalue weighted by atomic mass is 10.1. The Bertz CT molecular complexity index is 983. The van der Waals surface area contributed by atoms with Crippen molar-refractivity contribution in [3.8, 4) is 0 Å². The van der Waals surface area contributed by atoms with Crippen LogP contribution < -0.4 is 10.7 Å². The largest absolute Gasteiger partial charge is 0.321 e. The summed E-state index contributed by atoms with van der Waals surface area (Å²) in [6.45, 7) is 1.74. The van der Waals surface area contributed by atoms with Crippen LogP contribution in [0.25, 0.3) is 0 Å². The van der Waals surface area contributed by atoms with Gasteiger partial charge in [0, 0.05) is 11.3 Å². The minimum Gasteiger partial charge on any atom is -0.321 e. The number of hydrogen-bond donors (Lipinski definition) is 2. The SMILES string of the molecule is C/C(=N/NC(=O)c1cccc(F)c1)c1ccc(NC(=O)c2cccs2)cc1. The lowest BCUT2D eigenvalue weighted by Crippen LogP contribution is -2.19. The molecule has 0 radical (unpaired) electrons. The molecule has 0 unspecified atom stereocenters. The first-order valence-electron chi connectivity index (χ1n) is 8.08. The van der Waals surface area contributed by atoms with Crippen LogP contribution in [-0.2, 0) is 0 Å². The third-order valence-electron chi connectivity index (χ3n) is 3.72. The van der Waals surface area contributed by atoms with Gasteiger partial charge in [0.05, 0.1) is 10.6 Å². The van der Waals surface area contributed by atoms with Gasteiger partial charge in [-0.05, 0) is 54.3 Å². The van der Waals surface area contributed by atoms with E-state index in [2.05, 4.69) is 15.8 Å². The highest BCUT2D eigenvalue weighted by Gasteiger charge is 2.08. The molecule has 0 saturated carbocycles. The predicted molar refractivity (Wildman–Crippen MR) is 105 cm³/mol. The van der Waals surface area contributed by atoms with Crippen LogP contribution in [0.2, 0.25) is 0 Å². The number of carbonyl (C=O) groups excluding carboxylic acids is 2. The standard InChI is InChI=1S/C20H16FN3O2S/c1-13(23-24-19(25)15-4-2-5-16(21)12-15)14-7-9-17(10-8-14)22-20(26)18-6-3-11-27-18/h2-12H,1H3,(H,22,26)(H,24,25)/b23-13-. The van der Waals surface area contributed by atoms with Gasteiger partial charge in [0.15, 0.2) is 0 Å². The Kier molecular flexibility index (Phi) is 5.73. The molecule has 0 spiro atoms. The molecule has 5 nitrogen and oxygen atoms in total. The van der Waals surface area contributed by atoms with Crippen molar-refractivity contribution in [3.63, 3.8) is 0 Å². The number of benzene rings is 2. The number of nitrogens with one attached hydrogen (secondary N) is 2. The van der Waals surface area contributed by atoms with E-state index in [0.717, 1.165) is 11.6 Å². The summed E-state index contributed by atoms with van der Waals surface area (Å²) in [5.41, 5.74) is 4.62. The van der Waals surface area contributed by atoms with Crippen molar-refractivity contribution in [1.29, 1.82) is 0 Å². The van der Waals surface area contributed by atoms with E-state index in [1.54, 1.807) is 37.3 Å². The minimum absolute atomic E-state index is 0.162. The van der Waals surface area contributed by atoms with E-state index in [1.807, 2.05) is 11.4 Å². The number of carbonyl (C=O) groups is 2.